The smallest absolute Gasteiger partial charge is 0.352 e. The average Bonchev–Trinajstić information content (AvgIpc) is 2.97. The number of nitrogens with zero attached hydrogens (tertiary/aromatic N) is 5. The molecule has 3 heterocycles. The fourth-order valence-electron chi connectivity index (χ4n) is 2.41. The van der Waals surface area contributed by atoms with Crippen molar-refractivity contribution in [2.45, 2.75) is 32.9 Å². The van der Waals surface area contributed by atoms with Gasteiger partial charge in [-0.1, -0.05) is 11.3 Å². The zero-order valence-electron chi connectivity index (χ0n) is 13.5. The molecule has 9 nitrogen and oxygen atoms in total. The Morgan fingerprint density at radius 3 is 3.04 bits per heavy atom. The molecule has 1 N–H and O–H groups in total. The van der Waals surface area contributed by atoms with Gasteiger partial charge in [0.05, 0.1) is 17.9 Å². The third-order valence-electron chi connectivity index (χ3n) is 3.97. The van der Waals surface area contributed by atoms with Crippen LogP contribution in [0.2, 0.25) is 0 Å². The number of hydrogen-bond donors (Lipinski definition) is 1. The van der Waals surface area contributed by atoms with E-state index in [4.69, 9.17) is 4.42 Å². The molecule has 4 rings (SSSR count). The van der Waals surface area contributed by atoms with Crippen molar-refractivity contribution in [3.05, 3.63) is 45.7 Å². The van der Waals surface area contributed by atoms with Crippen LogP contribution < -0.4 is 11.0 Å². The molecule has 3 aromatic rings. The van der Waals surface area contributed by atoms with E-state index in [0.29, 0.717) is 33.9 Å². The molecule has 1 aliphatic carbocycles. The van der Waals surface area contributed by atoms with Gasteiger partial charge in [-0.15, -0.1) is 0 Å². The molecular weight excluding hydrogens is 344 g/mol. The molecule has 1 saturated carbocycles. The molecule has 130 valence electrons. The zero-order valence-corrected chi connectivity index (χ0v) is 14.3. The van der Waals surface area contributed by atoms with E-state index in [9.17, 15) is 9.59 Å². The summed E-state index contributed by atoms with van der Waals surface area (Å²) in [7, 11) is 0. The second-order valence-corrected chi connectivity index (χ2v) is 6.96. The van der Waals surface area contributed by atoms with E-state index < -0.39 is 0 Å². The summed E-state index contributed by atoms with van der Waals surface area (Å²) in [5.74, 6) is 0.291. The molecule has 0 spiro atoms. The van der Waals surface area contributed by atoms with Crippen molar-refractivity contribution in [3.63, 3.8) is 0 Å². The quantitative estimate of drug-likeness (QED) is 0.706. The summed E-state index contributed by atoms with van der Waals surface area (Å²) in [5.41, 5.74) is 0.975. The Morgan fingerprint density at radius 1 is 1.48 bits per heavy atom. The van der Waals surface area contributed by atoms with Gasteiger partial charge in [0, 0.05) is 6.54 Å². The standard InChI is InChI=1S/C15H16N6O3S/c1-9-12(13(22)16-4-11-6-24-8-17-11)25-14(19-9)20-7-18-21(15(20)23)5-10-2-3-10/h6-8,10H,2-5H2,1H3,(H,16,22). The van der Waals surface area contributed by atoms with Crippen LogP contribution >= 0.6 is 11.3 Å². The summed E-state index contributed by atoms with van der Waals surface area (Å²) in [6, 6.07) is 0. The van der Waals surface area contributed by atoms with Crippen LogP contribution in [0.4, 0.5) is 0 Å². The maximum atomic E-state index is 12.4. The van der Waals surface area contributed by atoms with Gasteiger partial charge in [-0.05, 0) is 25.7 Å². The van der Waals surface area contributed by atoms with Crippen molar-refractivity contribution in [1.82, 2.24) is 29.6 Å². The van der Waals surface area contributed by atoms with Crippen molar-refractivity contribution in [2.75, 3.05) is 0 Å². The Morgan fingerprint density at radius 2 is 2.32 bits per heavy atom. The maximum absolute atomic E-state index is 12.4. The lowest BCUT2D eigenvalue weighted by molar-refractivity contribution is 0.0953. The minimum atomic E-state index is -0.261. The van der Waals surface area contributed by atoms with Crippen LogP contribution in [-0.4, -0.2) is 30.2 Å². The minimum Gasteiger partial charge on any atom is -0.451 e. The van der Waals surface area contributed by atoms with Gasteiger partial charge < -0.3 is 9.73 Å². The summed E-state index contributed by atoms with van der Waals surface area (Å²) in [5, 5.41) is 7.34. The largest absolute Gasteiger partial charge is 0.451 e. The highest BCUT2D eigenvalue weighted by Crippen LogP contribution is 2.29. The number of aromatic nitrogens is 5. The first kappa shape index (κ1) is 15.8. The van der Waals surface area contributed by atoms with Gasteiger partial charge in [0.15, 0.2) is 11.5 Å². The number of carbonyl (C=O) groups excluding carboxylic acids is 1. The van der Waals surface area contributed by atoms with Crippen molar-refractivity contribution in [2.24, 2.45) is 5.92 Å². The third-order valence-corrected chi connectivity index (χ3v) is 5.13. The van der Waals surface area contributed by atoms with Crippen LogP contribution in [0.15, 0.2) is 28.2 Å². The van der Waals surface area contributed by atoms with Crippen LogP contribution in [0.5, 0.6) is 0 Å². The van der Waals surface area contributed by atoms with Gasteiger partial charge in [-0.25, -0.2) is 24.0 Å². The average molecular weight is 360 g/mol. The van der Waals surface area contributed by atoms with Crippen LogP contribution in [0.3, 0.4) is 0 Å². The van der Waals surface area contributed by atoms with E-state index >= 15 is 0 Å². The molecule has 1 amide bonds. The zero-order chi connectivity index (χ0) is 17.4. The molecule has 0 radical (unpaired) electrons. The van der Waals surface area contributed by atoms with Crippen molar-refractivity contribution >= 4 is 17.2 Å². The van der Waals surface area contributed by atoms with E-state index in [1.54, 1.807) is 6.92 Å². The Kier molecular flexibility index (Phi) is 3.96. The van der Waals surface area contributed by atoms with Gasteiger partial charge in [-0.3, -0.25) is 4.79 Å². The summed E-state index contributed by atoms with van der Waals surface area (Å²) >= 11 is 1.16. The molecule has 25 heavy (non-hydrogen) atoms. The van der Waals surface area contributed by atoms with Crippen LogP contribution in [0.1, 0.15) is 33.9 Å². The van der Waals surface area contributed by atoms with Crippen molar-refractivity contribution in [1.29, 1.82) is 0 Å². The normalized spacial score (nSPS) is 14.0. The van der Waals surface area contributed by atoms with Crippen LogP contribution in [0, 0.1) is 12.8 Å². The van der Waals surface area contributed by atoms with Gasteiger partial charge in [0.25, 0.3) is 5.91 Å². The van der Waals surface area contributed by atoms with E-state index in [-0.39, 0.29) is 18.1 Å². The first-order chi connectivity index (χ1) is 12.1. The number of hydrogen-bond acceptors (Lipinski definition) is 7. The third kappa shape index (κ3) is 3.25. The number of thiazole rings is 1. The first-order valence-electron chi connectivity index (χ1n) is 7.89. The molecule has 0 aromatic carbocycles. The Balaban J connectivity index is 1.52. The highest BCUT2D eigenvalue weighted by molar-refractivity contribution is 7.16. The lowest BCUT2D eigenvalue weighted by Crippen LogP contribution is -2.24. The molecule has 0 aliphatic heterocycles. The predicted octanol–water partition coefficient (Wildman–Crippen LogP) is 1.13. The van der Waals surface area contributed by atoms with E-state index in [1.165, 1.54) is 28.2 Å². The highest BCUT2D eigenvalue weighted by Gasteiger charge is 2.24. The van der Waals surface area contributed by atoms with Gasteiger partial charge >= 0.3 is 5.69 Å². The van der Waals surface area contributed by atoms with Crippen molar-refractivity contribution < 1.29 is 9.21 Å². The number of rotatable bonds is 6. The van der Waals surface area contributed by atoms with Gasteiger partial charge in [0.2, 0.25) is 0 Å². The van der Waals surface area contributed by atoms with E-state index in [2.05, 4.69) is 20.4 Å². The Bertz CT molecular complexity index is 950. The molecule has 3 aromatic heterocycles. The van der Waals surface area contributed by atoms with Gasteiger partial charge in [-0.2, -0.15) is 5.10 Å². The number of carbonyl (C=O) groups is 1. The fourth-order valence-corrected chi connectivity index (χ4v) is 3.36. The number of nitrogens with one attached hydrogen (secondary N) is 1. The minimum absolute atomic E-state index is 0.227. The number of oxazole rings is 1. The molecule has 0 saturated heterocycles. The SMILES string of the molecule is Cc1nc(-n2cnn(CC3CC3)c2=O)sc1C(=O)NCc1cocn1. The molecule has 0 atom stereocenters. The predicted molar refractivity (Wildman–Crippen MR) is 88.6 cm³/mol. The number of aryl methyl sites for hydroxylation is 1. The molecule has 10 heteroatoms. The summed E-state index contributed by atoms with van der Waals surface area (Å²) in [4.78, 5) is 33.5. The monoisotopic (exact) mass is 360 g/mol. The summed E-state index contributed by atoms with van der Waals surface area (Å²) < 4.78 is 7.71. The lowest BCUT2D eigenvalue weighted by atomic mass is 10.3. The molecule has 0 unspecified atom stereocenters. The molecular formula is C15H16N6O3S. The highest BCUT2D eigenvalue weighted by atomic mass is 32.1. The number of amides is 1. The molecule has 0 bridgehead atoms. The van der Waals surface area contributed by atoms with Crippen LogP contribution in [0.25, 0.3) is 5.13 Å². The first-order valence-corrected chi connectivity index (χ1v) is 8.71. The Hall–Kier alpha value is -2.75. The maximum Gasteiger partial charge on any atom is 0.352 e. The second-order valence-electron chi connectivity index (χ2n) is 5.98. The van der Waals surface area contributed by atoms with E-state index in [0.717, 1.165) is 24.2 Å². The molecule has 1 fully saturated rings. The molecule has 1 aliphatic rings. The summed E-state index contributed by atoms with van der Waals surface area (Å²) in [6.07, 6.45) is 6.53. The topological polar surface area (TPSA) is 108 Å². The Labute approximate surface area is 146 Å². The van der Waals surface area contributed by atoms with Crippen molar-refractivity contribution in [3.8, 4) is 5.13 Å². The van der Waals surface area contributed by atoms with E-state index in [1.807, 2.05) is 0 Å². The van der Waals surface area contributed by atoms with Gasteiger partial charge in [0.1, 0.15) is 17.5 Å². The fraction of sp³-hybridized carbons (Fsp3) is 0.400. The lowest BCUT2D eigenvalue weighted by Gasteiger charge is -2.00. The second kappa shape index (κ2) is 6.28. The summed E-state index contributed by atoms with van der Waals surface area (Å²) in [6.45, 7) is 2.65. The van der Waals surface area contributed by atoms with Crippen LogP contribution in [-0.2, 0) is 13.1 Å².